The molecule has 1 aliphatic carbocycles. The van der Waals surface area contributed by atoms with Crippen LogP contribution in [0.4, 0.5) is 16.3 Å². The molecule has 0 atom stereocenters. The number of amides is 1. The lowest BCUT2D eigenvalue weighted by Crippen LogP contribution is -2.44. The highest BCUT2D eigenvalue weighted by molar-refractivity contribution is 9.10. The third kappa shape index (κ3) is 3.15. The Hall–Kier alpha value is -1.30. The van der Waals surface area contributed by atoms with E-state index in [0.29, 0.717) is 6.54 Å². The molecule has 1 fully saturated rings. The number of carbonyl (C=O) groups excluding carboxylic acids is 1. The van der Waals surface area contributed by atoms with Gasteiger partial charge in [0, 0.05) is 30.8 Å². The molecule has 3 rings (SSSR count). The summed E-state index contributed by atoms with van der Waals surface area (Å²) in [6, 6.07) is 1.93. The maximum Gasteiger partial charge on any atom is 0.414 e. The Balaban J connectivity index is 1.78. The van der Waals surface area contributed by atoms with E-state index < -0.39 is 0 Å². The third-order valence-corrected chi connectivity index (χ3v) is 4.60. The first-order valence-electron chi connectivity index (χ1n) is 7.50. The molecule has 0 bridgehead atoms. The van der Waals surface area contributed by atoms with Crippen molar-refractivity contribution in [3.05, 3.63) is 16.7 Å². The van der Waals surface area contributed by atoms with Gasteiger partial charge in [-0.05, 0) is 47.7 Å². The summed E-state index contributed by atoms with van der Waals surface area (Å²) in [7, 11) is 1.99. The average molecular weight is 354 g/mol. The maximum absolute atomic E-state index is 12.5. The van der Waals surface area contributed by atoms with Crippen LogP contribution < -0.4 is 9.80 Å². The van der Waals surface area contributed by atoms with E-state index in [0.717, 1.165) is 48.2 Å². The molecule has 6 heteroatoms. The fourth-order valence-electron chi connectivity index (χ4n) is 2.97. The highest BCUT2D eigenvalue weighted by Crippen LogP contribution is 2.33. The number of carbonyl (C=O) groups is 1. The van der Waals surface area contributed by atoms with Gasteiger partial charge in [0.25, 0.3) is 0 Å². The number of halogens is 1. The van der Waals surface area contributed by atoms with Crippen LogP contribution in [0.5, 0.6) is 0 Å². The van der Waals surface area contributed by atoms with Gasteiger partial charge in [-0.3, -0.25) is 4.90 Å². The SMILES string of the molecule is CN1CCN(C(=O)OC2CCCCC2)c2cc(Br)cnc21. The maximum atomic E-state index is 12.5. The number of ether oxygens (including phenoxy) is 1. The zero-order valence-corrected chi connectivity index (χ0v) is 13.8. The van der Waals surface area contributed by atoms with Crippen molar-refractivity contribution in [2.75, 3.05) is 29.9 Å². The van der Waals surface area contributed by atoms with Crippen LogP contribution in [0.1, 0.15) is 32.1 Å². The highest BCUT2D eigenvalue weighted by atomic mass is 79.9. The molecule has 0 saturated heterocycles. The van der Waals surface area contributed by atoms with Gasteiger partial charge >= 0.3 is 6.09 Å². The average Bonchev–Trinajstić information content (AvgIpc) is 2.48. The number of fused-ring (bicyclic) bond motifs is 1. The highest BCUT2D eigenvalue weighted by Gasteiger charge is 2.29. The number of rotatable bonds is 1. The predicted octanol–water partition coefficient (Wildman–Crippen LogP) is 3.57. The topological polar surface area (TPSA) is 45.7 Å². The van der Waals surface area contributed by atoms with Crippen LogP contribution in [0, 0.1) is 0 Å². The number of pyridine rings is 1. The van der Waals surface area contributed by atoms with E-state index in [1.807, 2.05) is 13.1 Å². The van der Waals surface area contributed by atoms with E-state index in [2.05, 4.69) is 25.8 Å². The van der Waals surface area contributed by atoms with Gasteiger partial charge in [0.1, 0.15) is 6.10 Å². The molecule has 2 heterocycles. The largest absolute Gasteiger partial charge is 0.446 e. The Morgan fingerprint density at radius 2 is 2.10 bits per heavy atom. The molecular formula is C15H20BrN3O2. The summed E-state index contributed by atoms with van der Waals surface area (Å²) in [6.45, 7) is 1.40. The fraction of sp³-hybridized carbons (Fsp3) is 0.600. The summed E-state index contributed by atoms with van der Waals surface area (Å²) in [5, 5.41) is 0. The number of hydrogen-bond donors (Lipinski definition) is 0. The number of aromatic nitrogens is 1. The van der Waals surface area contributed by atoms with Crippen LogP contribution in [0.3, 0.4) is 0 Å². The van der Waals surface area contributed by atoms with Crippen LogP contribution in [0.2, 0.25) is 0 Å². The van der Waals surface area contributed by atoms with E-state index in [1.165, 1.54) is 6.42 Å². The molecule has 1 amide bonds. The molecule has 0 unspecified atom stereocenters. The molecule has 0 aromatic carbocycles. The Morgan fingerprint density at radius 1 is 1.33 bits per heavy atom. The van der Waals surface area contributed by atoms with Gasteiger partial charge in [-0.2, -0.15) is 0 Å². The molecule has 21 heavy (non-hydrogen) atoms. The molecule has 0 radical (unpaired) electrons. The van der Waals surface area contributed by atoms with Crippen molar-refractivity contribution in [1.82, 2.24) is 4.98 Å². The van der Waals surface area contributed by atoms with Crippen molar-refractivity contribution in [2.24, 2.45) is 0 Å². The van der Waals surface area contributed by atoms with Crippen LogP contribution in [0.15, 0.2) is 16.7 Å². The second kappa shape index (κ2) is 6.22. The Labute approximate surface area is 133 Å². The first kappa shape index (κ1) is 14.6. The molecule has 1 aromatic rings. The molecular weight excluding hydrogens is 334 g/mol. The third-order valence-electron chi connectivity index (χ3n) is 4.17. The Morgan fingerprint density at radius 3 is 2.86 bits per heavy atom. The van der Waals surface area contributed by atoms with Gasteiger partial charge < -0.3 is 9.64 Å². The molecule has 1 aromatic heterocycles. The first-order valence-corrected chi connectivity index (χ1v) is 8.29. The molecule has 114 valence electrons. The lowest BCUT2D eigenvalue weighted by atomic mass is 9.98. The van der Waals surface area contributed by atoms with Crippen LogP contribution in [-0.4, -0.2) is 37.3 Å². The monoisotopic (exact) mass is 353 g/mol. The molecule has 2 aliphatic rings. The molecule has 5 nitrogen and oxygen atoms in total. The van der Waals surface area contributed by atoms with Crippen molar-refractivity contribution in [3.63, 3.8) is 0 Å². The smallest absolute Gasteiger partial charge is 0.414 e. The lowest BCUT2D eigenvalue weighted by molar-refractivity contribution is 0.0808. The minimum atomic E-state index is -0.240. The molecule has 0 N–H and O–H groups in total. The van der Waals surface area contributed by atoms with Gasteiger partial charge in [-0.15, -0.1) is 0 Å². The fourth-order valence-corrected chi connectivity index (χ4v) is 3.29. The van der Waals surface area contributed by atoms with Gasteiger partial charge in [0.2, 0.25) is 0 Å². The van der Waals surface area contributed by atoms with Crippen molar-refractivity contribution in [2.45, 2.75) is 38.2 Å². The Bertz CT molecular complexity index is 532. The van der Waals surface area contributed by atoms with Crippen molar-refractivity contribution < 1.29 is 9.53 Å². The van der Waals surface area contributed by atoms with Crippen molar-refractivity contribution in [1.29, 1.82) is 0 Å². The summed E-state index contributed by atoms with van der Waals surface area (Å²) >= 11 is 3.43. The van der Waals surface area contributed by atoms with Gasteiger partial charge in [0.15, 0.2) is 5.82 Å². The second-order valence-electron chi connectivity index (χ2n) is 5.71. The first-order chi connectivity index (χ1) is 10.1. The standard InChI is InChI=1S/C15H20BrN3O2/c1-18-7-8-19(13-9-11(16)10-17-14(13)18)15(20)21-12-5-3-2-4-6-12/h9-10,12H,2-8H2,1H3. The molecule has 1 saturated carbocycles. The van der Waals surface area contributed by atoms with Crippen molar-refractivity contribution in [3.8, 4) is 0 Å². The van der Waals surface area contributed by atoms with E-state index in [-0.39, 0.29) is 12.2 Å². The van der Waals surface area contributed by atoms with Gasteiger partial charge in [-0.25, -0.2) is 9.78 Å². The summed E-state index contributed by atoms with van der Waals surface area (Å²) < 4.78 is 6.56. The minimum absolute atomic E-state index is 0.0782. The van der Waals surface area contributed by atoms with Gasteiger partial charge in [-0.1, -0.05) is 6.42 Å². The van der Waals surface area contributed by atoms with Crippen LogP contribution >= 0.6 is 15.9 Å². The van der Waals surface area contributed by atoms with E-state index in [9.17, 15) is 4.79 Å². The lowest BCUT2D eigenvalue weighted by Gasteiger charge is -2.35. The zero-order chi connectivity index (χ0) is 14.8. The molecule has 1 aliphatic heterocycles. The summed E-state index contributed by atoms with van der Waals surface area (Å²) in [5.74, 6) is 0.824. The van der Waals surface area contributed by atoms with E-state index >= 15 is 0 Å². The van der Waals surface area contributed by atoms with Crippen LogP contribution in [-0.2, 0) is 4.74 Å². The summed E-state index contributed by atoms with van der Waals surface area (Å²) in [5.41, 5.74) is 0.818. The minimum Gasteiger partial charge on any atom is -0.446 e. The van der Waals surface area contributed by atoms with Crippen molar-refractivity contribution >= 4 is 33.5 Å². The normalized spacial score (nSPS) is 19.3. The molecule has 0 spiro atoms. The number of likely N-dealkylation sites (N-methyl/N-ethyl adjacent to an activating group) is 1. The zero-order valence-electron chi connectivity index (χ0n) is 12.2. The number of anilines is 2. The quantitative estimate of drug-likeness (QED) is 0.774. The van der Waals surface area contributed by atoms with E-state index in [4.69, 9.17) is 4.74 Å². The van der Waals surface area contributed by atoms with Crippen LogP contribution in [0.25, 0.3) is 0 Å². The number of nitrogens with zero attached hydrogens (tertiary/aromatic N) is 3. The number of hydrogen-bond acceptors (Lipinski definition) is 4. The predicted molar refractivity (Wildman–Crippen MR) is 85.9 cm³/mol. The summed E-state index contributed by atoms with van der Waals surface area (Å²) in [4.78, 5) is 20.7. The Kier molecular flexibility index (Phi) is 4.33. The summed E-state index contributed by atoms with van der Waals surface area (Å²) in [6.07, 6.45) is 7.14. The second-order valence-corrected chi connectivity index (χ2v) is 6.63. The van der Waals surface area contributed by atoms with E-state index in [1.54, 1.807) is 11.1 Å². The van der Waals surface area contributed by atoms with Gasteiger partial charge in [0.05, 0.1) is 5.69 Å².